The van der Waals surface area contributed by atoms with E-state index >= 15 is 0 Å². The topological polar surface area (TPSA) is 44.0 Å². The standard InChI is InChI=1S/C17H32N4/c1-13(2)5-7-21(8-6-14(3)4)11-15-9-16-17(10-18-15)20-12-19-16/h12-15,18H,5-11H2,1-4H3,(H,19,20). The van der Waals surface area contributed by atoms with Gasteiger partial charge >= 0.3 is 0 Å². The minimum Gasteiger partial charge on any atom is -0.347 e. The fourth-order valence-corrected chi connectivity index (χ4v) is 2.85. The van der Waals surface area contributed by atoms with Crippen LogP contribution in [0.2, 0.25) is 0 Å². The maximum Gasteiger partial charge on any atom is 0.0925 e. The normalized spacial score (nSPS) is 18.7. The summed E-state index contributed by atoms with van der Waals surface area (Å²) in [5.74, 6) is 1.56. The molecule has 2 heterocycles. The summed E-state index contributed by atoms with van der Waals surface area (Å²) in [6, 6.07) is 0.542. The van der Waals surface area contributed by atoms with Crippen LogP contribution in [0.3, 0.4) is 0 Å². The van der Waals surface area contributed by atoms with Gasteiger partial charge in [-0.3, -0.25) is 0 Å². The Bertz CT molecular complexity index is 399. The maximum atomic E-state index is 4.45. The van der Waals surface area contributed by atoms with Gasteiger partial charge in [0.25, 0.3) is 0 Å². The van der Waals surface area contributed by atoms with Gasteiger partial charge in [-0.2, -0.15) is 0 Å². The number of nitrogens with one attached hydrogen (secondary N) is 2. The lowest BCUT2D eigenvalue weighted by atomic mass is 10.0. The van der Waals surface area contributed by atoms with E-state index in [0.717, 1.165) is 31.3 Å². The summed E-state index contributed by atoms with van der Waals surface area (Å²) in [7, 11) is 0. The molecule has 0 aliphatic carbocycles. The molecule has 0 fully saturated rings. The number of H-pyrrole nitrogens is 1. The van der Waals surface area contributed by atoms with Crippen molar-refractivity contribution >= 4 is 0 Å². The van der Waals surface area contributed by atoms with Gasteiger partial charge in [0.1, 0.15) is 0 Å². The molecule has 2 rings (SSSR count). The van der Waals surface area contributed by atoms with Crippen LogP contribution in [0.15, 0.2) is 6.33 Å². The Balaban J connectivity index is 1.85. The number of aromatic amines is 1. The average Bonchev–Trinajstić information content (AvgIpc) is 2.89. The second-order valence-corrected chi connectivity index (χ2v) is 7.28. The summed E-state index contributed by atoms with van der Waals surface area (Å²) < 4.78 is 0. The Kier molecular flexibility index (Phi) is 6.24. The predicted molar refractivity (Wildman–Crippen MR) is 88.3 cm³/mol. The van der Waals surface area contributed by atoms with E-state index in [4.69, 9.17) is 0 Å². The molecule has 1 aliphatic heterocycles. The van der Waals surface area contributed by atoms with E-state index in [1.165, 1.54) is 37.3 Å². The van der Waals surface area contributed by atoms with E-state index in [1.54, 1.807) is 0 Å². The summed E-state index contributed by atoms with van der Waals surface area (Å²) in [6.45, 7) is 13.8. The highest BCUT2D eigenvalue weighted by atomic mass is 15.2. The van der Waals surface area contributed by atoms with E-state index in [-0.39, 0.29) is 0 Å². The molecule has 21 heavy (non-hydrogen) atoms. The van der Waals surface area contributed by atoms with Crippen LogP contribution >= 0.6 is 0 Å². The minimum absolute atomic E-state index is 0.542. The van der Waals surface area contributed by atoms with E-state index in [2.05, 4.69) is 47.9 Å². The Morgan fingerprint density at radius 2 is 1.86 bits per heavy atom. The Labute approximate surface area is 129 Å². The summed E-state index contributed by atoms with van der Waals surface area (Å²) in [6.07, 6.45) is 5.46. The molecule has 1 aliphatic rings. The molecule has 120 valence electrons. The largest absolute Gasteiger partial charge is 0.347 e. The average molecular weight is 292 g/mol. The fourth-order valence-electron chi connectivity index (χ4n) is 2.85. The summed E-state index contributed by atoms with van der Waals surface area (Å²) in [4.78, 5) is 10.3. The molecule has 1 unspecified atom stereocenters. The molecular formula is C17H32N4. The molecule has 0 spiro atoms. The van der Waals surface area contributed by atoms with Crippen molar-refractivity contribution in [3.63, 3.8) is 0 Å². The van der Waals surface area contributed by atoms with Crippen molar-refractivity contribution < 1.29 is 0 Å². The van der Waals surface area contributed by atoms with Gasteiger partial charge in [0.2, 0.25) is 0 Å². The highest BCUT2D eigenvalue weighted by Gasteiger charge is 2.22. The molecular weight excluding hydrogens is 260 g/mol. The van der Waals surface area contributed by atoms with Crippen LogP contribution in [0.5, 0.6) is 0 Å². The summed E-state index contributed by atoms with van der Waals surface area (Å²) in [5.41, 5.74) is 2.52. The van der Waals surface area contributed by atoms with E-state index < -0.39 is 0 Å². The third-order valence-corrected chi connectivity index (χ3v) is 4.34. The van der Waals surface area contributed by atoms with Crippen molar-refractivity contribution in [1.82, 2.24) is 20.2 Å². The zero-order valence-corrected chi connectivity index (χ0v) is 14.2. The molecule has 0 saturated heterocycles. The fraction of sp³-hybridized carbons (Fsp3) is 0.824. The van der Waals surface area contributed by atoms with Gasteiger partial charge in [0, 0.05) is 25.6 Å². The van der Waals surface area contributed by atoms with E-state index in [9.17, 15) is 0 Å². The van der Waals surface area contributed by atoms with Crippen LogP contribution in [-0.4, -0.2) is 40.5 Å². The zero-order chi connectivity index (χ0) is 15.2. The van der Waals surface area contributed by atoms with E-state index in [1.807, 2.05) is 6.33 Å². The number of fused-ring (bicyclic) bond motifs is 1. The molecule has 0 amide bonds. The molecule has 2 N–H and O–H groups in total. The van der Waals surface area contributed by atoms with Gasteiger partial charge in [-0.25, -0.2) is 4.98 Å². The van der Waals surface area contributed by atoms with E-state index in [0.29, 0.717) is 6.04 Å². The number of rotatable bonds is 8. The first-order valence-corrected chi connectivity index (χ1v) is 8.51. The molecule has 0 saturated carbocycles. The van der Waals surface area contributed by atoms with Crippen molar-refractivity contribution in [2.45, 2.75) is 59.5 Å². The first kappa shape index (κ1) is 16.5. The lowest BCUT2D eigenvalue weighted by molar-refractivity contribution is 0.213. The number of imidazole rings is 1. The van der Waals surface area contributed by atoms with Crippen molar-refractivity contribution in [3.05, 3.63) is 17.7 Å². The van der Waals surface area contributed by atoms with Gasteiger partial charge in [0.15, 0.2) is 0 Å². The second-order valence-electron chi connectivity index (χ2n) is 7.28. The van der Waals surface area contributed by atoms with Crippen LogP contribution in [-0.2, 0) is 13.0 Å². The first-order chi connectivity index (χ1) is 10.0. The van der Waals surface area contributed by atoms with Crippen LogP contribution in [0.1, 0.15) is 51.9 Å². The third kappa shape index (κ3) is 5.44. The first-order valence-electron chi connectivity index (χ1n) is 8.51. The van der Waals surface area contributed by atoms with Crippen LogP contribution in [0.4, 0.5) is 0 Å². The van der Waals surface area contributed by atoms with Crippen LogP contribution < -0.4 is 5.32 Å². The molecule has 4 heteroatoms. The molecule has 1 aromatic rings. The zero-order valence-electron chi connectivity index (χ0n) is 14.2. The monoisotopic (exact) mass is 292 g/mol. The predicted octanol–water partition coefficient (Wildman–Crippen LogP) is 2.82. The van der Waals surface area contributed by atoms with Crippen molar-refractivity contribution in [2.75, 3.05) is 19.6 Å². The van der Waals surface area contributed by atoms with Crippen molar-refractivity contribution in [2.24, 2.45) is 11.8 Å². The molecule has 4 nitrogen and oxygen atoms in total. The van der Waals surface area contributed by atoms with Gasteiger partial charge in [-0.05, 0) is 37.8 Å². The SMILES string of the molecule is CC(C)CCN(CCC(C)C)CC1Cc2nc[nH]c2CN1. The van der Waals surface area contributed by atoms with Gasteiger partial charge < -0.3 is 15.2 Å². The number of aromatic nitrogens is 2. The minimum atomic E-state index is 0.542. The van der Waals surface area contributed by atoms with Gasteiger partial charge in [-0.15, -0.1) is 0 Å². The lowest BCUT2D eigenvalue weighted by Crippen LogP contribution is -2.45. The second kappa shape index (κ2) is 7.95. The van der Waals surface area contributed by atoms with Crippen molar-refractivity contribution in [1.29, 1.82) is 0 Å². The molecule has 0 bridgehead atoms. The highest BCUT2D eigenvalue weighted by Crippen LogP contribution is 2.14. The highest BCUT2D eigenvalue weighted by molar-refractivity contribution is 5.15. The lowest BCUT2D eigenvalue weighted by Gasteiger charge is -2.31. The molecule has 1 aromatic heterocycles. The molecule has 0 aromatic carbocycles. The Morgan fingerprint density at radius 3 is 2.48 bits per heavy atom. The van der Waals surface area contributed by atoms with Crippen LogP contribution in [0.25, 0.3) is 0 Å². The Hall–Kier alpha value is -0.870. The Morgan fingerprint density at radius 1 is 1.19 bits per heavy atom. The van der Waals surface area contributed by atoms with Crippen LogP contribution in [0, 0.1) is 11.8 Å². The molecule has 1 atom stereocenters. The van der Waals surface area contributed by atoms with Crippen molar-refractivity contribution in [3.8, 4) is 0 Å². The third-order valence-electron chi connectivity index (χ3n) is 4.34. The quantitative estimate of drug-likeness (QED) is 0.774. The number of hydrogen-bond donors (Lipinski definition) is 2. The summed E-state index contributed by atoms with van der Waals surface area (Å²) in [5, 5.41) is 3.65. The maximum absolute atomic E-state index is 4.45. The number of hydrogen-bond acceptors (Lipinski definition) is 3. The number of nitrogens with zero attached hydrogens (tertiary/aromatic N) is 2. The van der Waals surface area contributed by atoms with Gasteiger partial charge in [0.05, 0.1) is 17.7 Å². The molecule has 0 radical (unpaired) electrons. The van der Waals surface area contributed by atoms with Gasteiger partial charge in [-0.1, -0.05) is 27.7 Å². The smallest absolute Gasteiger partial charge is 0.0925 e. The summed E-state index contributed by atoms with van der Waals surface area (Å²) >= 11 is 0.